The fourth-order valence-electron chi connectivity index (χ4n) is 1.16. The number of nitrogens with one attached hydrogen (secondary N) is 1. The predicted octanol–water partition coefficient (Wildman–Crippen LogP) is 2.51. The molecule has 1 N–H and O–H groups in total. The quantitative estimate of drug-likeness (QED) is 0.629. The van der Waals surface area contributed by atoms with Gasteiger partial charge in [0.05, 0.1) is 0 Å². The van der Waals surface area contributed by atoms with Gasteiger partial charge in [0.2, 0.25) is 0 Å². The van der Waals surface area contributed by atoms with Gasteiger partial charge in [-0.15, -0.1) is 0 Å². The van der Waals surface area contributed by atoms with Crippen molar-refractivity contribution in [2.75, 3.05) is 0 Å². The zero-order valence-corrected chi connectivity index (χ0v) is 6.09. The Kier molecular flexibility index (Phi) is 1.29. The maximum Gasteiger partial charge on any atom is 0.0454 e. The Balaban J connectivity index is 2.76. The smallest absolute Gasteiger partial charge is 0.0454 e. The first-order chi connectivity index (χ1) is 5.40. The molecule has 0 fully saturated rings. The van der Waals surface area contributed by atoms with Crippen LogP contribution in [0.25, 0.3) is 10.9 Å². The highest BCUT2D eigenvalue weighted by molar-refractivity contribution is 5.80. The van der Waals surface area contributed by atoms with Gasteiger partial charge in [-0.25, -0.2) is 0 Å². The van der Waals surface area contributed by atoms with E-state index in [0.29, 0.717) is 0 Å². The molecule has 1 radical (unpaired) electrons. The Bertz CT molecular complexity index is 384. The van der Waals surface area contributed by atoms with E-state index in [0.717, 1.165) is 11.1 Å². The molecule has 0 unspecified atom stereocenters. The fraction of sp³-hybridized carbons (Fsp3) is 0. The van der Waals surface area contributed by atoms with Gasteiger partial charge in [-0.2, -0.15) is 0 Å². The molecule has 0 spiro atoms. The van der Waals surface area contributed by atoms with Crippen LogP contribution >= 0.6 is 0 Å². The Labute approximate surface area is 65.4 Å². The lowest BCUT2D eigenvalue weighted by Gasteiger charge is -1.91. The first-order valence-corrected chi connectivity index (χ1v) is 3.50. The van der Waals surface area contributed by atoms with Crippen molar-refractivity contribution >= 4 is 10.9 Å². The van der Waals surface area contributed by atoms with Gasteiger partial charge in [0.1, 0.15) is 0 Å². The molecule has 0 saturated carbocycles. The summed E-state index contributed by atoms with van der Waals surface area (Å²) in [6, 6.07) is 8.11. The van der Waals surface area contributed by atoms with Crippen molar-refractivity contribution in [1.29, 1.82) is 0 Å². The van der Waals surface area contributed by atoms with Crippen LogP contribution in [-0.2, 0) is 0 Å². The minimum Gasteiger partial charge on any atom is -0.361 e. The number of H-pyrrole nitrogens is 1. The second-order valence-electron chi connectivity index (χ2n) is 2.46. The number of benzene rings is 1. The normalized spacial score (nSPS) is 10.2. The van der Waals surface area contributed by atoms with Crippen LogP contribution in [0.4, 0.5) is 0 Å². The molecule has 0 atom stereocenters. The maximum absolute atomic E-state index is 3.59. The molecule has 0 bridgehead atoms. The third kappa shape index (κ3) is 0.944. The van der Waals surface area contributed by atoms with E-state index in [9.17, 15) is 0 Å². The van der Waals surface area contributed by atoms with Gasteiger partial charge in [-0.3, -0.25) is 0 Å². The zero-order valence-electron chi connectivity index (χ0n) is 6.09. The van der Waals surface area contributed by atoms with Crippen LogP contribution < -0.4 is 0 Å². The molecule has 1 aromatic heterocycles. The lowest BCUT2D eigenvalue weighted by atomic mass is 10.1. The molecule has 0 aliphatic carbocycles. The molecule has 11 heavy (non-hydrogen) atoms. The largest absolute Gasteiger partial charge is 0.361 e. The highest BCUT2D eigenvalue weighted by atomic mass is 14.7. The Morgan fingerprint density at radius 3 is 3.00 bits per heavy atom. The number of rotatable bonds is 1. The molecule has 2 rings (SSSR count). The third-order valence-corrected chi connectivity index (χ3v) is 1.76. The van der Waals surface area contributed by atoms with E-state index >= 15 is 0 Å². The Morgan fingerprint density at radius 2 is 2.18 bits per heavy atom. The van der Waals surface area contributed by atoms with Crippen molar-refractivity contribution in [1.82, 2.24) is 4.98 Å². The summed E-state index contributed by atoms with van der Waals surface area (Å²) < 4.78 is 0. The minimum atomic E-state index is 1.04. The number of hydrogen-bond acceptors (Lipinski definition) is 0. The van der Waals surface area contributed by atoms with Gasteiger partial charge in [0, 0.05) is 11.7 Å². The minimum absolute atomic E-state index is 1.04. The summed E-state index contributed by atoms with van der Waals surface area (Å²) >= 11 is 0. The molecule has 0 aliphatic heterocycles. The highest BCUT2D eigenvalue weighted by Gasteiger charge is 1.92. The number of aromatic nitrogens is 1. The van der Waals surface area contributed by atoms with E-state index in [1.54, 1.807) is 0 Å². The van der Waals surface area contributed by atoms with E-state index < -0.39 is 0 Å². The lowest BCUT2D eigenvalue weighted by molar-refractivity contribution is 1.47. The number of hydrogen-bond donors (Lipinski definition) is 1. The molecule has 1 nitrogen and oxygen atoms in total. The van der Waals surface area contributed by atoms with Crippen LogP contribution in [0, 0.1) is 6.08 Å². The fourth-order valence-corrected chi connectivity index (χ4v) is 1.16. The van der Waals surface area contributed by atoms with Crippen LogP contribution in [0.1, 0.15) is 5.56 Å². The van der Waals surface area contributed by atoms with Crippen LogP contribution in [-0.4, -0.2) is 4.98 Å². The van der Waals surface area contributed by atoms with Crippen molar-refractivity contribution in [2.45, 2.75) is 0 Å². The SMILES string of the molecule is C=[C]c1ccc2[nH]ccc2c1. The molecule has 0 saturated heterocycles. The average Bonchev–Trinajstić information content (AvgIpc) is 2.50. The van der Waals surface area contributed by atoms with Gasteiger partial charge < -0.3 is 4.98 Å². The summed E-state index contributed by atoms with van der Waals surface area (Å²) in [5.74, 6) is 0. The second kappa shape index (κ2) is 2.27. The van der Waals surface area contributed by atoms with E-state index in [-0.39, 0.29) is 0 Å². The maximum atomic E-state index is 3.59. The van der Waals surface area contributed by atoms with Crippen molar-refractivity contribution in [2.24, 2.45) is 0 Å². The third-order valence-electron chi connectivity index (χ3n) is 1.76. The first kappa shape index (κ1) is 6.23. The molecular weight excluding hydrogens is 134 g/mol. The summed E-state index contributed by atoms with van der Waals surface area (Å²) in [7, 11) is 0. The summed E-state index contributed by atoms with van der Waals surface area (Å²) in [4.78, 5) is 3.12. The van der Waals surface area contributed by atoms with E-state index in [2.05, 4.69) is 23.7 Å². The van der Waals surface area contributed by atoms with Crippen LogP contribution in [0.5, 0.6) is 0 Å². The van der Waals surface area contributed by atoms with Crippen molar-refractivity contribution in [3.8, 4) is 0 Å². The molecule has 0 amide bonds. The van der Waals surface area contributed by atoms with Gasteiger partial charge in [-0.1, -0.05) is 12.6 Å². The summed E-state index contributed by atoms with van der Waals surface area (Å²) in [5.41, 5.74) is 2.20. The van der Waals surface area contributed by atoms with Crippen LogP contribution in [0.2, 0.25) is 0 Å². The number of fused-ring (bicyclic) bond motifs is 1. The average molecular weight is 142 g/mol. The molecule has 2 aromatic rings. The topological polar surface area (TPSA) is 15.8 Å². The van der Waals surface area contributed by atoms with Gasteiger partial charge in [-0.05, 0) is 35.2 Å². The van der Waals surface area contributed by atoms with Gasteiger partial charge >= 0.3 is 0 Å². The van der Waals surface area contributed by atoms with Crippen molar-refractivity contribution in [3.63, 3.8) is 0 Å². The van der Waals surface area contributed by atoms with Gasteiger partial charge in [0.15, 0.2) is 0 Å². The molecule has 1 heterocycles. The Morgan fingerprint density at radius 1 is 1.27 bits per heavy atom. The summed E-state index contributed by atoms with van der Waals surface area (Å²) in [6.45, 7) is 3.59. The van der Waals surface area contributed by atoms with E-state index in [1.165, 1.54) is 5.39 Å². The predicted molar refractivity (Wildman–Crippen MR) is 46.3 cm³/mol. The highest BCUT2D eigenvalue weighted by Crippen LogP contribution is 2.13. The van der Waals surface area contributed by atoms with Crippen LogP contribution in [0.3, 0.4) is 0 Å². The molecule has 1 heteroatoms. The summed E-state index contributed by atoms with van der Waals surface area (Å²) in [6.07, 6.45) is 4.77. The first-order valence-electron chi connectivity index (χ1n) is 3.50. The standard InChI is InChI=1S/C10H8N/c1-2-8-3-4-10-9(7-8)5-6-11-10/h3-7,11H,1H2. The molecule has 1 aromatic carbocycles. The lowest BCUT2D eigenvalue weighted by Crippen LogP contribution is -1.71. The zero-order chi connectivity index (χ0) is 7.68. The molecular formula is C10H8N. The van der Waals surface area contributed by atoms with Crippen LogP contribution in [0.15, 0.2) is 37.0 Å². The summed E-state index contributed by atoms with van der Waals surface area (Å²) in [5, 5.41) is 1.21. The molecule has 0 aliphatic rings. The number of aromatic amines is 1. The van der Waals surface area contributed by atoms with Crippen molar-refractivity contribution in [3.05, 3.63) is 48.7 Å². The molecule has 53 valence electrons. The monoisotopic (exact) mass is 142 g/mol. The van der Waals surface area contributed by atoms with Gasteiger partial charge in [0.25, 0.3) is 0 Å². The van der Waals surface area contributed by atoms with Crippen molar-refractivity contribution < 1.29 is 0 Å². The van der Waals surface area contributed by atoms with E-state index in [4.69, 9.17) is 0 Å². The Hall–Kier alpha value is -1.50. The van der Waals surface area contributed by atoms with E-state index in [1.807, 2.05) is 24.4 Å². The second-order valence-corrected chi connectivity index (χ2v) is 2.46.